The highest BCUT2D eigenvalue weighted by Crippen LogP contribution is 2.29. The van der Waals surface area contributed by atoms with Crippen LogP contribution in [0.1, 0.15) is 27.3 Å². The van der Waals surface area contributed by atoms with Gasteiger partial charge in [-0.05, 0) is 84.7 Å². The summed E-state index contributed by atoms with van der Waals surface area (Å²) in [4.78, 5) is 24.6. The van der Waals surface area contributed by atoms with Gasteiger partial charge in [-0.25, -0.2) is 4.79 Å². The van der Waals surface area contributed by atoms with Gasteiger partial charge in [0.15, 0.2) is 6.61 Å². The molecule has 150 valence electrons. The van der Waals surface area contributed by atoms with Gasteiger partial charge in [0.2, 0.25) is 0 Å². The number of rotatable bonds is 5. The summed E-state index contributed by atoms with van der Waals surface area (Å²) in [5.41, 5.74) is 4.78. The first-order valence-corrected chi connectivity index (χ1v) is 10.1. The number of hydrogen-bond donors (Lipinski definition) is 1. The van der Waals surface area contributed by atoms with Gasteiger partial charge in [0.25, 0.3) is 5.91 Å². The third-order valence-electron chi connectivity index (χ3n) is 4.49. The summed E-state index contributed by atoms with van der Waals surface area (Å²) < 4.78 is 7.98. The molecule has 0 saturated carbocycles. The van der Waals surface area contributed by atoms with Crippen molar-refractivity contribution in [3.63, 3.8) is 0 Å². The fraction of sp³-hybridized carbons (Fsp3) is 0.182. The Morgan fingerprint density at radius 2 is 1.76 bits per heavy atom. The van der Waals surface area contributed by atoms with E-state index in [4.69, 9.17) is 16.3 Å². The van der Waals surface area contributed by atoms with Crippen molar-refractivity contribution in [2.24, 2.45) is 0 Å². The Hall–Kier alpha value is -2.57. The number of benzene rings is 2. The summed E-state index contributed by atoms with van der Waals surface area (Å²) >= 11 is 9.41. The van der Waals surface area contributed by atoms with Gasteiger partial charge in [-0.2, -0.15) is 0 Å². The number of halogens is 2. The fourth-order valence-electron chi connectivity index (χ4n) is 3.03. The molecule has 3 rings (SSSR count). The van der Waals surface area contributed by atoms with Crippen LogP contribution >= 0.6 is 27.5 Å². The molecule has 5 nitrogen and oxygen atoms in total. The molecule has 0 saturated heterocycles. The van der Waals surface area contributed by atoms with E-state index in [-0.39, 0.29) is 0 Å². The summed E-state index contributed by atoms with van der Waals surface area (Å²) in [5, 5.41) is 3.19. The number of carbonyl (C=O) groups is 2. The number of anilines is 1. The lowest BCUT2D eigenvalue weighted by Crippen LogP contribution is -2.21. The van der Waals surface area contributed by atoms with Crippen LogP contribution in [0.4, 0.5) is 5.69 Å². The first-order chi connectivity index (χ1) is 13.8. The zero-order valence-electron chi connectivity index (χ0n) is 16.3. The molecule has 0 fully saturated rings. The van der Waals surface area contributed by atoms with Gasteiger partial charge in [0, 0.05) is 27.2 Å². The Kier molecular flexibility index (Phi) is 6.45. The Labute approximate surface area is 182 Å². The molecule has 1 heterocycles. The van der Waals surface area contributed by atoms with E-state index >= 15 is 0 Å². The fourth-order valence-corrected chi connectivity index (χ4v) is 3.65. The van der Waals surface area contributed by atoms with Crippen LogP contribution in [0.5, 0.6) is 0 Å². The van der Waals surface area contributed by atoms with Crippen LogP contribution < -0.4 is 5.32 Å². The van der Waals surface area contributed by atoms with Crippen molar-refractivity contribution in [1.82, 2.24) is 4.57 Å². The number of aryl methyl sites for hydroxylation is 3. The molecule has 0 aliphatic heterocycles. The number of carbonyl (C=O) groups excluding carboxylic acids is 2. The highest BCUT2D eigenvalue weighted by atomic mass is 79.9. The van der Waals surface area contributed by atoms with Crippen LogP contribution in [0.25, 0.3) is 5.69 Å². The summed E-state index contributed by atoms with van der Waals surface area (Å²) in [6.45, 7) is 5.45. The van der Waals surface area contributed by atoms with Gasteiger partial charge in [-0.3, -0.25) is 4.79 Å². The summed E-state index contributed by atoms with van der Waals surface area (Å²) in [5.74, 6) is -0.997. The van der Waals surface area contributed by atoms with Gasteiger partial charge < -0.3 is 14.6 Å². The predicted octanol–water partition coefficient (Wildman–Crippen LogP) is 5.61. The van der Waals surface area contributed by atoms with Crippen LogP contribution in [-0.2, 0) is 9.53 Å². The molecule has 0 aliphatic rings. The second-order valence-electron chi connectivity index (χ2n) is 6.71. The third-order valence-corrected chi connectivity index (χ3v) is 5.68. The van der Waals surface area contributed by atoms with Crippen LogP contribution in [0, 0.1) is 20.8 Å². The van der Waals surface area contributed by atoms with Crippen LogP contribution in [0.3, 0.4) is 0 Å². The lowest BCUT2D eigenvalue weighted by Gasteiger charge is -2.12. The number of esters is 1. The van der Waals surface area contributed by atoms with Crippen molar-refractivity contribution in [3.05, 3.63) is 80.5 Å². The molecule has 0 bridgehead atoms. The number of amides is 1. The second kappa shape index (κ2) is 8.84. The molecule has 0 unspecified atom stereocenters. The van der Waals surface area contributed by atoms with Crippen molar-refractivity contribution in [2.75, 3.05) is 11.9 Å². The Bertz CT molecular complexity index is 1070. The zero-order chi connectivity index (χ0) is 21.1. The minimum atomic E-state index is -0.560. The first-order valence-electron chi connectivity index (χ1n) is 8.94. The Balaban J connectivity index is 1.66. The number of nitrogens with one attached hydrogen (secondary N) is 1. The molecule has 3 aromatic rings. The van der Waals surface area contributed by atoms with Crippen LogP contribution in [0.2, 0.25) is 5.02 Å². The van der Waals surface area contributed by atoms with Crippen molar-refractivity contribution in [1.29, 1.82) is 0 Å². The number of aromatic nitrogens is 1. The molecule has 0 radical (unpaired) electrons. The normalized spacial score (nSPS) is 10.7. The second-order valence-corrected chi connectivity index (χ2v) is 7.97. The van der Waals surface area contributed by atoms with Crippen molar-refractivity contribution in [3.8, 4) is 5.69 Å². The molecular weight excluding hydrogens is 456 g/mol. The molecule has 0 atom stereocenters. The molecule has 7 heteroatoms. The lowest BCUT2D eigenvalue weighted by atomic mass is 10.2. The number of nitrogens with zero attached hydrogens (tertiary/aromatic N) is 1. The van der Waals surface area contributed by atoms with Crippen molar-refractivity contribution < 1.29 is 14.3 Å². The van der Waals surface area contributed by atoms with Crippen molar-refractivity contribution in [2.45, 2.75) is 20.8 Å². The average molecular weight is 476 g/mol. The maximum absolute atomic E-state index is 12.4. The SMILES string of the molecule is Cc1cc(Br)c(Cl)cc1NC(=O)COC(=O)c1cccc(-n2c(C)ccc2C)c1. The Morgan fingerprint density at radius 1 is 1.07 bits per heavy atom. The van der Waals surface area contributed by atoms with E-state index in [2.05, 4.69) is 21.2 Å². The van der Waals surface area contributed by atoms with Gasteiger partial charge in [-0.15, -0.1) is 0 Å². The highest BCUT2D eigenvalue weighted by Gasteiger charge is 2.14. The quantitative estimate of drug-likeness (QED) is 0.488. The average Bonchev–Trinajstić information content (AvgIpc) is 3.02. The molecule has 1 N–H and O–H groups in total. The molecule has 29 heavy (non-hydrogen) atoms. The summed E-state index contributed by atoms with van der Waals surface area (Å²) in [6, 6.07) is 14.6. The van der Waals surface area contributed by atoms with Gasteiger partial charge in [0.1, 0.15) is 0 Å². The molecule has 1 aromatic heterocycles. The Morgan fingerprint density at radius 3 is 2.45 bits per heavy atom. The van der Waals surface area contributed by atoms with Gasteiger partial charge in [0.05, 0.1) is 10.6 Å². The largest absolute Gasteiger partial charge is 0.452 e. The van der Waals surface area contributed by atoms with Crippen molar-refractivity contribution >= 4 is 45.1 Å². The van der Waals surface area contributed by atoms with E-state index in [1.807, 2.05) is 43.5 Å². The van der Waals surface area contributed by atoms with Crippen LogP contribution in [0.15, 0.2) is 53.0 Å². The highest BCUT2D eigenvalue weighted by molar-refractivity contribution is 9.10. The smallest absolute Gasteiger partial charge is 0.338 e. The maximum Gasteiger partial charge on any atom is 0.338 e. The lowest BCUT2D eigenvalue weighted by molar-refractivity contribution is -0.119. The van der Waals surface area contributed by atoms with Gasteiger partial charge >= 0.3 is 5.97 Å². The minimum absolute atomic E-state index is 0.380. The first kappa shape index (κ1) is 21.1. The minimum Gasteiger partial charge on any atom is -0.452 e. The van der Waals surface area contributed by atoms with Crippen LogP contribution in [-0.4, -0.2) is 23.1 Å². The van der Waals surface area contributed by atoms with E-state index in [1.165, 1.54) is 0 Å². The zero-order valence-corrected chi connectivity index (χ0v) is 18.6. The summed E-state index contributed by atoms with van der Waals surface area (Å²) in [7, 11) is 0. The predicted molar refractivity (Wildman–Crippen MR) is 118 cm³/mol. The van der Waals surface area contributed by atoms with E-state index in [1.54, 1.807) is 30.3 Å². The maximum atomic E-state index is 12.4. The monoisotopic (exact) mass is 474 g/mol. The molecule has 0 aliphatic carbocycles. The van der Waals surface area contributed by atoms with E-state index in [0.717, 1.165) is 27.1 Å². The molecular formula is C22H20BrClN2O3. The summed E-state index contributed by atoms with van der Waals surface area (Å²) in [6.07, 6.45) is 0. The van der Waals surface area contributed by atoms with Gasteiger partial charge in [-0.1, -0.05) is 17.7 Å². The molecule has 1 amide bonds. The third kappa shape index (κ3) is 4.89. The van der Waals surface area contributed by atoms with E-state index in [9.17, 15) is 9.59 Å². The van der Waals surface area contributed by atoms with E-state index in [0.29, 0.717) is 16.3 Å². The standard InChI is InChI=1S/C22H20BrClN2O3/c1-13-9-18(23)19(24)11-20(13)25-21(27)12-29-22(28)16-5-4-6-17(10-16)26-14(2)7-8-15(26)3/h4-11H,12H2,1-3H3,(H,25,27). The van der Waals surface area contributed by atoms with E-state index < -0.39 is 18.5 Å². The molecule has 2 aromatic carbocycles. The number of ether oxygens (including phenoxy) is 1. The number of hydrogen-bond acceptors (Lipinski definition) is 3. The topological polar surface area (TPSA) is 60.3 Å². The molecule has 0 spiro atoms.